The van der Waals surface area contributed by atoms with Crippen molar-refractivity contribution in [1.29, 1.82) is 0 Å². The number of carbonyl (C=O) groups is 1. The molecule has 4 saturated carbocycles. The number of nitrogens with one attached hydrogen (secondary N) is 1. The summed E-state index contributed by atoms with van der Waals surface area (Å²) >= 11 is 1.46. The Bertz CT molecular complexity index is 1060. The van der Waals surface area contributed by atoms with Crippen molar-refractivity contribution in [3.8, 4) is 11.3 Å². The number of aromatic nitrogens is 2. The molecule has 2 heterocycles. The highest BCUT2D eigenvalue weighted by Gasteiger charge is 2.52. The van der Waals surface area contributed by atoms with Gasteiger partial charge in [-0.3, -0.25) is 15.1 Å². The lowest BCUT2D eigenvalue weighted by Gasteiger charge is -2.56. The van der Waals surface area contributed by atoms with Crippen LogP contribution in [0.2, 0.25) is 0 Å². The van der Waals surface area contributed by atoms with E-state index in [-0.39, 0.29) is 11.3 Å². The highest BCUT2D eigenvalue weighted by atomic mass is 32.1. The van der Waals surface area contributed by atoms with Gasteiger partial charge in [0.05, 0.1) is 5.69 Å². The molecule has 0 aliphatic heterocycles. The summed E-state index contributed by atoms with van der Waals surface area (Å²) in [7, 11) is 0. The molecular weight excluding hydrogens is 390 g/mol. The molecule has 5 heteroatoms. The zero-order valence-electron chi connectivity index (χ0n) is 16.9. The van der Waals surface area contributed by atoms with E-state index in [4.69, 9.17) is 4.98 Å². The molecule has 0 saturated heterocycles. The van der Waals surface area contributed by atoms with E-state index in [1.54, 1.807) is 0 Å². The number of rotatable bonds is 4. The van der Waals surface area contributed by atoms with Crippen LogP contribution in [0.3, 0.4) is 0 Å². The lowest BCUT2D eigenvalue weighted by molar-refractivity contribution is -0.00721. The first-order chi connectivity index (χ1) is 14.7. The molecule has 4 fully saturated rings. The molecule has 4 aliphatic rings. The first-order valence-corrected chi connectivity index (χ1v) is 11.8. The minimum Gasteiger partial charge on any atom is -0.298 e. The molecule has 4 bridgehead atoms. The van der Waals surface area contributed by atoms with E-state index in [9.17, 15) is 4.79 Å². The van der Waals surface area contributed by atoms with Gasteiger partial charge in [-0.2, -0.15) is 0 Å². The van der Waals surface area contributed by atoms with Crippen molar-refractivity contribution in [2.75, 3.05) is 5.32 Å². The predicted molar refractivity (Wildman–Crippen MR) is 120 cm³/mol. The lowest BCUT2D eigenvalue weighted by Crippen LogP contribution is -2.49. The zero-order chi connectivity index (χ0) is 20.1. The van der Waals surface area contributed by atoms with Crippen molar-refractivity contribution in [3.05, 3.63) is 65.3 Å². The van der Waals surface area contributed by atoms with E-state index < -0.39 is 0 Å². The molecule has 152 valence electrons. The third-order valence-corrected chi connectivity index (χ3v) is 8.16. The molecule has 1 N–H and O–H groups in total. The summed E-state index contributed by atoms with van der Waals surface area (Å²) in [5, 5.41) is 5.61. The Kier molecular flexibility index (Phi) is 4.27. The molecule has 1 amide bonds. The SMILES string of the molecule is O=C(Nc1nc(-c2ccccc2)cs1)c1ccnc(C23CC4CC(CC(C4)C2)C3)c1. The van der Waals surface area contributed by atoms with Crippen LogP contribution in [-0.4, -0.2) is 15.9 Å². The van der Waals surface area contributed by atoms with Gasteiger partial charge in [0.15, 0.2) is 5.13 Å². The van der Waals surface area contributed by atoms with Crippen LogP contribution in [0.5, 0.6) is 0 Å². The van der Waals surface area contributed by atoms with Crippen molar-refractivity contribution in [2.24, 2.45) is 17.8 Å². The summed E-state index contributed by atoms with van der Waals surface area (Å²) in [6.07, 6.45) is 9.81. The predicted octanol–water partition coefficient (Wildman–Crippen LogP) is 5.93. The van der Waals surface area contributed by atoms with Crippen LogP contribution < -0.4 is 5.32 Å². The van der Waals surface area contributed by atoms with Gasteiger partial charge >= 0.3 is 0 Å². The van der Waals surface area contributed by atoms with E-state index in [1.807, 2.05) is 54.0 Å². The van der Waals surface area contributed by atoms with Gasteiger partial charge in [0.2, 0.25) is 0 Å². The zero-order valence-corrected chi connectivity index (χ0v) is 17.7. The van der Waals surface area contributed by atoms with Gasteiger partial charge in [-0.15, -0.1) is 11.3 Å². The van der Waals surface area contributed by atoms with Crippen molar-refractivity contribution >= 4 is 22.4 Å². The smallest absolute Gasteiger partial charge is 0.257 e. The Morgan fingerprint density at radius 2 is 1.70 bits per heavy atom. The molecule has 3 aromatic rings. The van der Waals surface area contributed by atoms with Gasteiger partial charge in [0.1, 0.15) is 0 Å². The number of hydrogen-bond donors (Lipinski definition) is 1. The van der Waals surface area contributed by atoms with Crippen LogP contribution in [0.15, 0.2) is 54.0 Å². The molecule has 0 spiro atoms. The molecular formula is C25H25N3OS. The number of hydrogen-bond acceptors (Lipinski definition) is 4. The maximum absolute atomic E-state index is 13.0. The van der Waals surface area contributed by atoms with Crippen LogP contribution in [0, 0.1) is 17.8 Å². The van der Waals surface area contributed by atoms with E-state index in [2.05, 4.69) is 10.3 Å². The number of anilines is 1. The average Bonchev–Trinajstić information content (AvgIpc) is 3.22. The highest BCUT2D eigenvalue weighted by Crippen LogP contribution is 2.60. The minimum atomic E-state index is -0.0997. The van der Waals surface area contributed by atoms with Crippen LogP contribution >= 0.6 is 11.3 Å². The molecule has 0 unspecified atom stereocenters. The standard InChI is InChI=1S/C25H25N3OS/c29-23(28-24-27-21(15-30-24)19-4-2-1-3-5-19)20-6-7-26-22(11-20)25-12-16-8-17(13-25)10-18(9-16)14-25/h1-7,11,15-18H,8-10,12-14H2,(H,27,28,29). The number of nitrogens with zero attached hydrogens (tertiary/aromatic N) is 2. The van der Waals surface area contributed by atoms with Crippen molar-refractivity contribution < 1.29 is 4.79 Å². The molecule has 0 radical (unpaired) electrons. The molecule has 4 aliphatic carbocycles. The Labute approximate surface area is 180 Å². The van der Waals surface area contributed by atoms with Gasteiger partial charge in [0.25, 0.3) is 5.91 Å². The molecule has 7 rings (SSSR count). The van der Waals surface area contributed by atoms with E-state index >= 15 is 0 Å². The monoisotopic (exact) mass is 415 g/mol. The maximum atomic E-state index is 13.0. The molecule has 2 aromatic heterocycles. The summed E-state index contributed by atoms with van der Waals surface area (Å²) in [5.41, 5.74) is 3.97. The number of thiazole rings is 1. The number of pyridine rings is 1. The number of benzene rings is 1. The maximum Gasteiger partial charge on any atom is 0.257 e. The average molecular weight is 416 g/mol. The van der Waals surface area contributed by atoms with Gasteiger partial charge in [-0.1, -0.05) is 30.3 Å². The third-order valence-electron chi connectivity index (χ3n) is 7.40. The third kappa shape index (κ3) is 3.16. The molecule has 4 nitrogen and oxygen atoms in total. The second-order valence-corrected chi connectivity index (χ2v) is 10.3. The van der Waals surface area contributed by atoms with Crippen LogP contribution in [0.25, 0.3) is 11.3 Å². The van der Waals surface area contributed by atoms with E-state index in [0.717, 1.165) is 34.7 Å². The fraction of sp³-hybridized carbons (Fsp3) is 0.400. The van der Waals surface area contributed by atoms with Crippen LogP contribution in [0.1, 0.15) is 54.6 Å². The second-order valence-electron chi connectivity index (χ2n) is 9.49. The Morgan fingerprint density at radius 3 is 2.40 bits per heavy atom. The summed E-state index contributed by atoms with van der Waals surface area (Å²) in [5.74, 6) is 2.49. The number of amides is 1. The molecule has 1 aromatic carbocycles. The van der Waals surface area contributed by atoms with Crippen molar-refractivity contribution in [3.63, 3.8) is 0 Å². The Balaban J connectivity index is 1.23. The van der Waals surface area contributed by atoms with Crippen LogP contribution in [0.4, 0.5) is 5.13 Å². The summed E-state index contributed by atoms with van der Waals surface area (Å²) in [6, 6.07) is 13.9. The van der Waals surface area contributed by atoms with Gasteiger partial charge < -0.3 is 0 Å². The van der Waals surface area contributed by atoms with Crippen molar-refractivity contribution in [1.82, 2.24) is 9.97 Å². The Hall–Kier alpha value is -2.53. The first-order valence-electron chi connectivity index (χ1n) is 11.0. The quantitative estimate of drug-likeness (QED) is 0.575. The second kappa shape index (κ2) is 7.02. The fourth-order valence-corrected chi connectivity index (χ4v) is 7.24. The first kappa shape index (κ1) is 18.3. The van der Waals surface area contributed by atoms with Crippen LogP contribution in [-0.2, 0) is 5.41 Å². The fourth-order valence-electron chi connectivity index (χ4n) is 6.53. The summed E-state index contributed by atoms with van der Waals surface area (Å²) < 4.78 is 0. The van der Waals surface area contributed by atoms with Gasteiger partial charge in [-0.05, 0) is 68.4 Å². The molecule has 0 atom stereocenters. The largest absolute Gasteiger partial charge is 0.298 e. The van der Waals surface area contributed by atoms with E-state index in [0.29, 0.717) is 10.7 Å². The van der Waals surface area contributed by atoms with Crippen molar-refractivity contribution in [2.45, 2.75) is 43.9 Å². The highest BCUT2D eigenvalue weighted by molar-refractivity contribution is 7.14. The number of carbonyl (C=O) groups excluding carboxylic acids is 1. The molecule has 30 heavy (non-hydrogen) atoms. The van der Waals surface area contributed by atoms with Gasteiger partial charge in [-0.25, -0.2) is 4.98 Å². The van der Waals surface area contributed by atoms with Gasteiger partial charge in [0, 0.05) is 33.8 Å². The lowest BCUT2D eigenvalue weighted by atomic mass is 9.48. The van der Waals surface area contributed by atoms with E-state index in [1.165, 1.54) is 49.9 Å². The topological polar surface area (TPSA) is 54.9 Å². The summed E-state index contributed by atoms with van der Waals surface area (Å²) in [6.45, 7) is 0. The summed E-state index contributed by atoms with van der Waals surface area (Å²) in [4.78, 5) is 22.3. The Morgan fingerprint density at radius 1 is 1.00 bits per heavy atom. The minimum absolute atomic E-state index is 0.0997. The normalized spacial score (nSPS) is 29.1.